The first kappa shape index (κ1) is 18.5. The minimum atomic E-state index is 0. The molecule has 3 heterocycles. The lowest BCUT2D eigenvalue weighted by atomic mass is 10.1. The first-order valence-corrected chi connectivity index (χ1v) is 8.93. The topological polar surface area (TPSA) is 50.2 Å². The molecule has 0 radical (unpaired) electrons. The van der Waals surface area contributed by atoms with E-state index in [0.717, 1.165) is 38.0 Å². The molecule has 1 aromatic heterocycles. The molecular formula is C17H19Cl3N4O. The van der Waals surface area contributed by atoms with E-state index in [1.807, 2.05) is 11.0 Å². The number of rotatable bonds is 2. The van der Waals surface area contributed by atoms with Gasteiger partial charge in [-0.2, -0.15) is 5.10 Å². The van der Waals surface area contributed by atoms with Gasteiger partial charge in [-0.3, -0.25) is 4.79 Å². The molecule has 0 aliphatic carbocycles. The van der Waals surface area contributed by atoms with Gasteiger partial charge in [0, 0.05) is 24.8 Å². The van der Waals surface area contributed by atoms with E-state index in [-0.39, 0.29) is 24.4 Å². The number of fused-ring (bicyclic) bond motifs is 2. The Labute approximate surface area is 162 Å². The van der Waals surface area contributed by atoms with Crippen LogP contribution in [0.2, 0.25) is 10.0 Å². The molecule has 1 amide bonds. The van der Waals surface area contributed by atoms with Gasteiger partial charge < -0.3 is 10.2 Å². The molecule has 2 saturated heterocycles. The number of hydrogen-bond donors (Lipinski definition) is 1. The maximum atomic E-state index is 13.0. The van der Waals surface area contributed by atoms with Gasteiger partial charge >= 0.3 is 0 Å². The minimum absolute atomic E-state index is 0. The average molecular weight is 402 g/mol. The molecule has 2 atom stereocenters. The second kappa shape index (κ2) is 7.54. The van der Waals surface area contributed by atoms with E-state index in [0.29, 0.717) is 21.8 Å². The van der Waals surface area contributed by atoms with Crippen LogP contribution >= 0.6 is 35.6 Å². The molecule has 2 aliphatic heterocycles. The lowest BCUT2D eigenvalue weighted by Crippen LogP contribution is -2.42. The predicted molar refractivity (Wildman–Crippen MR) is 101 cm³/mol. The van der Waals surface area contributed by atoms with E-state index >= 15 is 0 Å². The molecule has 2 bridgehead atoms. The molecule has 8 heteroatoms. The van der Waals surface area contributed by atoms with E-state index in [1.165, 1.54) is 0 Å². The first-order chi connectivity index (χ1) is 11.6. The highest BCUT2D eigenvalue weighted by Gasteiger charge is 2.39. The third-order valence-electron chi connectivity index (χ3n) is 4.86. The fraction of sp³-hybridized carbons (Fsp3) is 0.412. The lowest BCUT2D eigenvalue weighted by molar-refractivity contribution is 0.0673. The molecule has 134 valence electrons. The highest BCUT2D eigenvalue weighted by atomic mass is 35.5. The number of nitrogens with zero attached hydrogens (tertiary/aromatic N) is 3. The SMILES string of the molecule is Cl.O=C(c1ccn(-c2ccc(Cl)c(Cl)c2)n1)N1C2CCNCC1CC2. The summed E-state index contributed by atoms with van der Waals surface area (Å²) in [5, 5.41) is 8.83. The highest BCUT2D eigenvalue weighted by molar-refractivity contribution is 6.42. The summed E-state index contributed by atoms with van der Waals surface area (Å²) in [6.07, 6.45) is 4.95. The molecule has 4 rings (SSSR count). The molecule has 2 fully saturated rings. The van der Waals surface area contributed by atoms with Crippen LogP contribution in [0, 0.1) is 0 Å². The van der Waals surface area contributed by atoms with Gasteiger partial charge in [-0.1, -0.05) is 23.2 Å². The maximum absolute atomic E-state index is 13.0. The van der Waals surface area contributed by atoms with Crippen LogP contribution in [0.25, 0.3) is 5.69 Å². The number of carbonyl (C=O) groups excluding carboxylic acids is 1. The Balaban J connectivity index is 0.00000182. The second-order valence-electron chi connectivity index (χ2n) is 6.33. The van der Waals surface area contributed by atoms with Crippen molar-refractivity contribution in [3.8, 4) is 5.69 Å². The molecule has 2 aromatic rings. The van der Waals surface area contributed by atoms with Crippen LogP contribution in [0.3, 0.4) is 0 Å². The van der Waals surface area contributed by atoms with Crippen LogP contribution in [0.1, 0.15) is 29.8 Å². The van der Waals surface area contributed by atoms with Gasteiger partial charge in [-0.25, -0.2) is 4.68 Å². The van der Waals surface area contributed by atoms with E-state index in [9.17, 15) is 4.79 Å². The third kappa shape index (κ3) is 3.51. The zero-order valence-corrected chi connectivity index (χ0v) is 15.8. The fourth-order valence-electron chi connectivity index (χ4n) is 3.66. The molecule has 1 N–H and O–H groups in total. The van der Waals surface area contributed by atoms with Crippen molar-refractivity contribution in [3.05, 3.63) is 46.2 Å². The van der Waals surface area contributed by atoms with Gasteiger partial charge in [0.2, 0.25) is 0 Å². The average Bonchev–Trinajstić information content (AvgIpc) is 3.13. The van der Waals surface area contributed by atoms with Crippen molar-refractivity contribution < 1.29 is 4.79 Å². The molecule has 1 aromatic carbocycles. The summed E-state index contributed by atoms with van der Waals surface area (Å²) in [7, 11) is 0. The Kier molecular flexibility index (Phi) is 5.58. The second-order valence-corrected chi connectivity index (χ2v) is 7.15. The molecule has 2 aliphatic rings. The predicted octanol–water partition coefficient (Wildman–Crippen LogP) is 3.57. The van der Waals surface area contributed by atoms with Crippen molar-refractivity contribution in [1.29, 1.82) is 0 Å². The van der Waals surface area contributed by atoms with E-state index in [2.05, 4.69) is 10.4 Å². The van der Waals surface area contributed by atoms with Gasteiger partial charge in [-0.05, 0) is 50.1 Å². The Morgan fingerprint density at radius 1 is 1.12 bits per heavy atom. The van der Waals surface area contributed by atoms with Crippen LogP contribution in [0.5, 0.6) is 0 Å². The summed E-state index contributed by atoms with van der Waals surface area (Å²) < 4.78 is 1.66. The van der Waals surface area contributed by atoms with Crippen molar-refractivity contribution >= 4 is 41.5 Å². The molecule has 2 unspecified atom stereocenters. The van der Waals surface area contributed by atoms with Crippen molar-refractivity contribution in [1.82, 2.24) is 20.0 Å². The minimum Gasteiger partial charge on any atom is -0.330 e. The van der Waals surface area contributed by atoms with E-state index in [4.69, 9.17) is 23.2 Å². The molecular weight excluding hydrogens is 383 g/mol. The Hall–Kier alpha value is -1.27. The molecule has 5 nitrogen and oxygen atoms in total. The quantitative estimate of drug-likeness (QED) is 0.837. The molecule has 0 saturated carbocycles. The zero-order chi connectivity index (χ0) is 16.7. The van der Waals surface area contributed by atoms with Gasteiger partial charge in [0.1, 0.15) is 0 Å². The summed E-state index contributed by atoms with van der Waals surface area (Å²) in [5.41, 5.74) is 1.25. The van der Waals surface area contributed by atoms with Gasteiger partial charge in [-0.15, -0.1) is 12.4 Å². The molecule has 25 heavy (non-hydrogen) atoms. The first-order valence-electron chi connectivity index (χ1n) is 8.18. The third-order valence-corrected chi connectivity index (χ3v) is 5.60. The van der Waals surface area contributed by atoms with Crippen LogP contribution in [-0.4, -0.2) is 45.8 Å². The Morgan fingerprint density at radius 2 is 1.92 bits per heavy atom. The number of hydrogen-bond acceptors (Lipinski definition) is 3. The van der Waals surface area contributed by atoms with Gasteiger partial charge in [0.15, 0.2) is 5.69 Å². The van der Waals surface area contributed by atoms with Crippen LogP contribution in [0.15, 0.2) is 30.5 Å². The Morgan fingerprint density at radius 3 is 2.72 bits per heavy atom. The summed E-state index contributed by atoms with van der Waals surface area (Å²) in [4.78, 5) is 15.0. The number of aromatic nitrogens is 2. The lowest BCUT2D eigenvalue weighted by Gasteiger charge is -2.27. The van der Waals surface area contributed by atoms with Crippen molar-refractivity contribution in [3.63, 3.8) is 0 Å². The zero-order valence-electron chi connectivity index (χ0n) is 13.5. The van der Waals surface area contributed by atoms with Crippen molar-refractivity contribution in [2.45, 2.75) is 31.3 Å². The normalized spacial score (nSPS) is 22.4. The number of benzene rings is 1. The van der Waals surface area contributed by atoms with Gasteiger partial charge in [0.05, 0.1) is 15.7 Å². The van der Waals surface area contributed by atoms with Crippen LogP contribution in [-0.2, 0) is 0 Å². The monoisotopic (exact) mass is 400 g/mol. The standard InChI is InChI=1S/C17H18Cl2N4O.ClH/c18-14-4-3-12(9-15(14)19)22-8-6-16(21-22)17(24)23-11-1-2-13(23)10-20-7-5-11;/h3-4,6,8-9,11,13,20H,1-2,5,7,10H2;1H. The number of amides is 1. The molecule has 0 spiro atoms. The fourth-order valence-corrected chi connectivity index (χ4v) is 3.95. The summed E-state index contributed by atoms with van der Waals surface area (Å²) in [6.45, 7) is 1.85. The number of nitrogens with one attached hydrogen (secondary N) is 1. The van der Waals surface area contributed by atoms with Crippen molar-refractivity contribution in [2.24, 2.45) is 0 Å². The number of carbonyl (C=O) groups is 1. The summed E-state index contributed by atoms with van der Waals surface area (Å²) >= 11 is 12.0. The number of halogens is 3. The largest absolute Gasteiger partial charge is 0.330 e. The maximum Gasteiger partial charge on any atom is 0.274 e. The van der Waals surface area contributed by atoms with Crippen molar-refractivity contribution in [2.75, 3.05) is 13.1 Å². The van der Waals surface area contributed by atoms with E-state index < -0.39 is 0 Å². The smallest absolute Gasteiger partial charge is 0.274 e. The van der Waals surface area contributed by atoms with Crippen LogP contribution < -0.4 is 5.32 Å². The van der Waals surface area contributed by atoms with Gasteiger partial charge in [0.25, 0.3) is 5.91 Å². The highest BCUT2D eigenvalue weighted by Crippen LogP contribution is 2.29. The summed E-state index contributed by atoms with van der Waals surface area (Å²) in [5.74, 6) is 0.0185. The Bertz CT molecular complexity index is 765. The van der Waals surface area contributed by atoms with Crippen LogP contribution in [0.4, 0.5) is 0 Å². The summed E-state index contributed by atoms with van der Waals surface area (Å²) in [6, 6.07) is 7.67. The van der Waals surface area contributed by atoms with E-state index in [1.54, 1.807) is 29.1 Å².